The van der Waals surface area contributed by atoms with E-state index in [9.17, 15) is 14.4 Å². The van der Waals surface area contributed by atoms with Gasteiger partial charge in [-0.15, -0.1) is 0 Å². The lowest BCUT2D eigenvalue weighted by atomic mass is 9.84. The molecule has 2 aromatic carbocycles. The van der Waals surface area contributed by atoms with Crippen molar-refractivity contribution in [2.24, 2.45) is 5.41 Å². The molecule has 0 radical (unpaired) electrons. The first kappa shape index (κ1) is 26.2. The number of hydrogen-bond acceptors (Lipinski definition) is 5. The summed E-state index contributed by atoms with van der Waals surface area (Å²) in [6, 6.07) is 16.4. The van der Waals surface area contributed by atoms with Gasteiger partial charge in [0.15, 0.2) is 6.10 Å². The monoisotopic (exact) mass is 482 g/mol. The van der Waals surface area contributed by atoms with Gasteiger partial charge in [0.2, 0.25) is 5.91 Å². The third kappa shape index (κ3) is 7.05. The standard InChI is InChI=1S/C27H34N2O6/c1-27(2,13-12-24(30)29-16-23(34-3)25(31)32)14-15-28-26(33)35-17-22-20-10-6-4-8-18(20)19-9-5-7-11-21(19)22/h4-11,22-23H,12-17H2,1-3H3,(H,28,33)(H,29,30)(H,31,32). The summed E-state index contributed by atoms with van der Waals surface area (Å²) in [5.41, 5.74) is 4.51. The molecule has 35 heavy (non-hydrogen) atoms. The number of carbonyl (C=O) groups excluding carboxylic acids is 2. The highest BCUT2D eigenvalue weighted by Gasteiger charge is 2.29. The predicted molar refractivity (Wildman–Crippen MR) is 132 cm³/mol. The largest absolute Gasteiger partial charge is 0.479 e. The average molecular weight is 483 g/mol. The van der Waals surface area contributed by atoms with Crippen LogP contribution in [0, 0.1) is 5.41 Å². The summed E-state index contributed by atoms with van der Waals surface area (Å²) in [4.78, 5) is 35.3. The van der Waals surface area contributed by atoms with Crippen LogP contribution in [0.4, 0.5) is 4.79 Å². The number of fused-ring (bicyclic) bond motifs is 3. The molecule has 188 valence electrons. The second kappa shape index (κ2) is 11.8. The van der Waals surface area contributed by atoms with E-state index in [4.69, 9.17) is 14.6 Å². The van der Waals surface area contributed by atoms with Gasteiger partial charge in [-0.1, -0.05) is 62.4 Å². The second-order valence-corrected chi connectivity index (χ2v) is 9.53. The SMILES string of the molecule is COC(CNC(=O)CCC(C)(C)CCNC(=O)OCC1c2ccccc2-c2ccccc21)C(=O)O. The van der Waals surface area contributed by atoms with Crippen LogP contribution in [-0.4, -0.2) is 56.0 Å². The number of benzene rings is 2. The highest BCUT2D eigenvalue weighted by Crippen LogP contribution is 2.44. The first-order valence-corrected chi connectivity index (χ1v) is 11.8. The molecule has 1 atom stereocenters. The second-order valence-electron chi connectivity index (χ2n) is 9.53. The molecular weight excluding hydrogens is 448 g/mol. The first-order chi connectivity index (χ1) is 16.7. The summed E-state index contributed by atoms with van der Waals surface area (Å²) < 4.78 is 10.4. The van der Waals surface area contributed by atoms with Crippen molar-refractivity contribution in [3.05, 3.63) is 59.7 Å². The van der Waals surface area contributed by atoms with Crippen LogP contribution in [0.1, 0.15) is 50.2 Å². The van der Waals surface area contributed by atoms with Crippen molar-refractivity contribution in [1.82, 2.24) is 10.6 Å². The molecule has 0 heterocycles. The number of alkyl carbamates (subject to hydrolysis) is 1. The van der Waals surface area contributed by atoms with Crippen molar-refractivity contribution in [2.75, 3.05) is 26.8 Å². The number of aliphatic carboxylic acids is 1. The van der Waals surface area contributed by atoms with E-state index in [1.807, 2.05) is 38.1 Å². The van der Waals surface area contributed by atoms with Gasteiger partial charge in [0, 0.05) is 26.0 Å². The highest BCUT2D eigenvalue weighted by atomic mass is 16.5. The Balaban J connectivity index is 1.39. The summed E-state index contributed by atoms with van der Waals surface area (Å²) in [6.45, 7) is 4.66. The Kier molecular flexibility index (Phi) is 8.87. The Morgan fingerprint density at radius 1 is 0.971 bits per heavy atom. The van der Waals surface area contributed by atoms with Gasteiger partial charge >= 0.3 is 12.1 Å². The fraction of sp³-hybridized carbons (Fsp3) is 0.444. The van der Waals surface area contributed by atoms with Crippen LogP contribution < -0.4 is 10.6 Å². The van der Waals surface area contributed by atoms with Gasteiger partial charge in [-0.3, -0.25) is 4.79 Å². The van der Waals surface area contributed by atoms with Gasteiger partial charge in [0.25, 0.3) is 0 Å². The van der Waals surface area contributed by atoms with E-state index in [0.717, 1.165) is 0 Å². The Labute approximate surface area is 206 Å². The zero-order chi connectivity index (χ0) is 25.4. The minimum absolute atomic E-state index is 0.0157. The normalized spacial score (nSPS) is 13.5. The van der Waals surface area contributed by atoms with E-state index >= 15 is 0 Å². The quantitative estimate of drug-likeness (QED) is 0.422. The van der Waals surface area contributed by atoms with Crippen molar-refractivity contribution in [3.63, 3.8) is 0 Å². The smallest absolute Gasteiger partial charge is 0.407 e. The zero-order valence-electron chi connectivity index (χ0n) is 20.5. The number of methoxy groups -OCH3 is 1. The van der Waals surface area contributed by atoms with Crippen LogP contribution >= 0.6 is 0 Å². The molecule has 3 N–H and O–H groups in total. The molecule has 0 fully saturated rings. The molecule has 0 spiro atoms. The first-order valence-electron chi connectivity index (χ1n) is 11.8. The Bertz CT molecular complexity index is 1010. The lowest BCUT2D eigenvalue weighted by Crippen LogP contribution is -2.38. The van der Waals surface area contributed by atoms with Crippen LogP contribution in [0.5, 0.6) is 0 Å². The maximum absolute atomic E-state index is 12.4. The van der Waals surface area contributed by atoms with E-state index in [1.165, 1.54) is 29.4 Å². The van der Waals surface area contributed by atoms with Crippen molar-refractivity contribution >= 4 is 18.0 Å². The van der Waals surface area contributed by atoms with Crippen LogP contribution in [0.25, 0.3) is 11.1 Å². The van der Waals surface area contributed by atoms with Gasteiger partial charge in [-0.2, -0.15) is 0 Å². The van der Waals surface area contributed by atoms with Gasteiger partial charge in [0.1, 0.15) is 6.61 Å². The maximum atomic E-state index is 12.4. The van der Waals surface area contributed by atoms with Crippen molar-refractivity contribution in [1.29, 1.82) is 0 Å². The number of rotatable bonds is 12. The Morgan fingerprint density at radius 2 is 1.57 bits per heavy atom. The van der Waals surface area contributed by atoms with E-state index in [1.54, 1.807) is 0 Å². The minimum Gasteiger partial charge on any atom is -0.479 e. The molecule has 1 aliphatic rings. The molecule has 8 heteroatoms. The van der Waals surface area contributed by atoms with Gasteiger partial charge in [-0.25, -0.2) is 9.59 Å². The Hall–Kier alpha value is -3.39. The summed E-state index contributed by atoms with van der Waals surface area (Å²) in [7, 11) is 1.29. The minimum atomic E-state index is -1.12. The molecule has 2 aromatic rings. The number of carboxylic acid groups (broad SMARTS) is 1. The van der Waals surface area contributed by atoms with E-state index in [2.05, 4.69) is 34.9 Å². The fourth-order valence-electron chi connectivity index (χ4n) is 4.30. The van der Waals surface area contributed by atoms with Crippen LogP contribution in [0.2, 0.25) is 0 Å². The molecule has 0 aliphatic heterocycles. The molecule has 1 aliphatic carbocycles. The number of hydrogen-bond donors (Lipinski definition) is 3. The molecular formula is C27H34N2O6. The van der Waals surface area contributed by atoms with Crippen LogP contribution in [0.15, 0.2) is 48.5 Å². The van der Waals surface area contributed by atoms with Crippen molar-refractivity contribution < 1.29 is 29.0 Å². The summed E-state index contributed by atoms with van der Waals surface area (Å²) in [5, 5.41) is 14.4. The number of amides is 2. The lowest BCUT2D eigenvalue weighted by molar-refractivity contribution is -0.148. The molecule has 2 amide bonds. The predicted octanol–water partition coefficient (Wildman–Crippen LogP) is 3.94. The summed E-state index contributed by atoms with van der Waals surface area (Å²) in [6.07, 6.45) is -0.00225. The lowest BCUT2D eigenvalue weighted by Gasteiger charge is -2.24. The van der Waals surface area contributed by atoms with E-state index in [-0.39, 0.29) is 36.8 Å². The average Bonchev–Trinajstić information content (AvgIpc) is 3.15. The molecule has 0 aromatic heterocycles. The number of carboxylic acids is 1. The summed E-state index contributed by atoms with van der Waals surface area (Å²) >= 11 is 0. The van der Waals surface area contributed by atoms with Gasteiger partial charge in [-0.05, 0) is 40.5 Å². The molecule has 3 rings (SSSR count). The molecule has 8 nitrogen and oxygen atoms in total. The van der Waals surface area contributed by atoms with E-state index in [0.29, 0.717) is 19.4 Å². The number of ether oxygens (including phenoxy) is 2. The maximum Gasteiger partial charge on any atom is 0.407 e. The third-order valence-corrected chi connectivity index (χ3v) is 6.49. The Morgan fingerprint density at radius 3 is 2.14 bits per heavy atom. The van der Waals surface area contributed by atoms with Crippen molar-refractivity contribution in [3.8, 4) is 11.1 Å². The van der Waals surface area contributed by atoms with Gasteiger partial charge in [0.05, 0.1) is 6.54 Å². The van der Waals surface area contributed by atoms with Crippen LogP contribution in [0.3, 0.4) is 0 Å². The van der Waals surface area contributed by atoms with Crippen LogP contribution in [-0.2, 0) is 19.1 Å². The zero-order valence-corrected chi connectivity index (χ0v) is 20.5. The molecule has 0 saturated heterocycles. The highest BCUT2D eigenvalue weighted by molar-refractivity contribution is 5.79. The van der Waals surface area contributed by atoms with Crippen molar-refractivity contribution in [2.45, 2.75) is 45.1 Å². The molecule has 0 saturated carbocycles. The number of nitrogens with one attached hydrogen (secondary N) is 2. The molecule has 0 bridgehead atoms. The fourth-order valence-corrected chi connectivity index (χ4v) is 4.30. The van der Waals surface area contributed by atoms with Gasteiger partial charge < -0.3 is 25.2 Å². The topological polar surface area (TPSA) is 114 Å². The summed E-state index contributed by atoms with van der Waals surface area (Å²) in [5.74, 6) is -1.33. The molecule has 1 unspecified atom stereocenters. The third-order valence-electron chi connectivity index (χ3n) is 6.49. The van der Waals surface area contributed by atoms with E-state index < -0.39 is 18.2 Å². The number of carbonyl (C=O) groups is 3.